The number of rotatable bonds is 6. The molecular weight excluding hydrogens is 252 g/mol. The number of nitrogens with zero attached hydrogens (tertiary/aromatic N) is 1. The molecule has 106 valence electrons. The van der Waals surface area contributed by atoms with Crippen molar-refractivity contribution in [3.05, 3.63) is 53.7 Å². The van der Waals surface area contributed by atoms with Crippen LogP contribution in [0.15, 0.2) is 42.6 Å². The Bertz CT molecular complexity index is 558. The van der Waals surface area contributed by atoms with E-state index >= 15 is 0 Å². The molecule has 0 spiro atoms. The minimum Gasteiger partial charge on any atom is -0.438 e. The number of para-hydroxylation sites is 1. The van der Waals surface area contributed by atoms with Gasteiger partial charge in [0.25, 0.3) is 0 Å². The molecule has 1 aromatic heterocycles. The average Bonchev–Trinajstić information content (AvgIpc) is 2.49. The molecule has 0 amide bonds. The molecule has 0 radical (unpaired) electrons. The summed E-state index contributed by atoms with van der Waals surface area (Å²) in [7, 11) is 1.90. The summed E-state index contributed by atoms with van der Waals surface area (Å²) >= 11 is 0. The third-order valence-electron chi connectivity index (χ3n) is 3.26. The van der Waals surface area contributed by atoms with Gasteiger partial charge in [-0.15, -0.1) is 0 Å². The van der Waals surface area contributed by atoms with E-state index in [4.69, 9.17) is 9.84 Å². The first-order valence-electron chi connectivity index (χ1n) is 6.75. The van der Waals surface area contributed by atoms with Crippen LogP contribution in [0.2, 0.25) is 0 Å². The quantitative estimate of drug-likeness (QED) is 0.849. The van der Waals surface area contributed by atoms with Crippen molar-refractivity contribution in [2.45, 2.75) is 19.4 Å². The van der Waals surface area contributed by atoms with Crippen LogP contribution in [0, 0.1) is 0 Å². The van der Waals surface area contributed by atoms with Crippen molar-refractivity contribution in [1.82, 2.24) is 10.3 Å². The smallest absolute Gasteiger partial charge is 0.223 e. The van der Waals surface area contributed by atoms with Crippen LogP contribution in [0.5, 0.6) is 11.6 Å². The van der Waals surface area contributed by atoms with Crippen LogP contribution >= 0.6 is 0 Å². The Kier molecular flexibility index (Phi) is 5.09. The molecule has 1 unspecified atom stereocenters. The SMILES string of the molecule is CNC(C)c1cccnc1Oc1ccccc1CCO. The van der Waals surface area contributed by atoms with Gasteiger partial charge >= 0.3 is 0 Å². The summed E-state index contributed by atoms with van der Waals surface area (Å²) in [5.41, 5.74) is 1.98. The van der Waals surface area contributed by atoms with E-state index in [0.29, 0.717) is 12.3 Å². The van der Waals surface area contributed by atoms with Gasteiger partial charge in [0.15, 0.2) is 0 Å². The first-order valence-corrected chi connectivity index (χ1v) is 6.75. The predicted octanol–water partition coefficient (Wildman–Crippen LogP) is 2.69. The van der Waals surface area contributed by atoms with E-state index in [1.165, 1.54) is 0 Å². The Hall–Kier alpha value is -1.91. The summed E-state index contributed by atoms with van der Waals surface area (Å²) < 4.78 is 5.95. The summed E-state index contributed by atoms with van der Waals surface area (Å²) in [4.78, 5) is 4.32. The molecule has 0 bridgehead atoms. The lowest BCUT2D eigenvalue weighted by molar-refractivity contribution is 0.297. The van der Waals surface area contributed by atoms with Gasteiger partial charge in [0, 0.05) is 24.4 Å². The second-order valence-corrected chi connectivity index (χ2v) is 4.59. The lowest BCUT2D eigenvalue weighted by Gasteiger charge is -2.16. The van der Waals surface area contributed by atoms with E-state index in [1.807, 2.05) is 43.4 Å². The third kappa shape index (κ3) is 3.35. The Morgan fingerprint density at radius 3 is 2.80 bits per heavy atom. The zero-order valence-electron chi connectivity index (χ0n) is 11.8. The molecule has 0 fully saturated rings. The highest BCUT2D eigenvalue weighted by Gasteiger charge is 2.13. The fourth-order valence-corrected chi connectivity index (χ4v) is 2.01. The number of aromatic nitrogens is 1. The van der Waals surface area contributed by atoms with Gasteiger partial charge in [-0.3, -0.25) is 0 Å². The molecule has 4 heteroatoms. The largest absolute Gasteiger partial charge is 0.438 e. The maximum Gasteiger partial charge on any atom is 0.223 e. The fourth-order valence-electron chi connectivity index (χ4n) is 2.01. The normalized spacial score (nSPS) is 12.2. The summed E-state index contributed by atoms with van der Waals surface area (Å²) in [5, 5.41) is 12.3. The van der Waals surface area contributed by atoms with Crippen LogP contribution in [-0.2, 0) is 6.42 Å². The van der Waals surface area contributed by atoms with Gasteiger partial charge < -0.3 is 15.2 Å². The van der Waals surface area contributed by atoms with E-state index in [0.717, 1.165) is 16.9 Å². The maximum absolute atomic E-state index is 9.11. The number of hydrogen-bond donors (Lipinski definition) is 2. The molecule has 0 saturated heterocycles. The van der Waals surface area contributed by atoms with E-state index < -0.39 is 0 Å². The molecule has 2 rings (SSSR count). The van der Waals surface area contributed by atoms with Gasteiger partial charge in [-0.2, -0.15) is 0 Å². The molecule has 1 heterocycles. The van der Waals surface area contributed by atoms with Gasteiger partial charge in [-0.05, 0) is 38.1 Å². The molecule has 1 aromatic carbocycles. The van der Waals surface area contributed by atoms with Crippen molar-refractivity contribution in [1.29, 1.82) is 0 Å². The number of nitrogens with one attached hydrogen (secondary N) is 1. The molecule has 20 heavy (non-hydrogen) atoms. The van der Waals surface area contributed by atoms with Crippen molar-refractivity contribution in [3.63, 3.8) is 0 Å². The maximum atomic E-state index is 9.11. The van der Waals surface area contributed by atoms with Crippen LogP contribution in [0.1, 0.15) is 24.1 Å². The van der Waals surface area contributed by atoms with Crippen LogP contribution in [0.3, 0.4) is 0 Å². The monoisotopic (exact) mass is 272 g/mol. The summed E-state index contributed by atoms with van der Waals surface area (Å²) in [5.74, 6) is 1.34. The molecule has 0 aliphatic rings. The van der Waals surface area contributed by atoms with E-state index in [9.17, 15) is 0 Å². The number of aliphatic hydroxyl groups excluding tert-OH is 1. The van der Waals surface area contributed by atoms with Gasteiger partial charge in [0.05, 0.1) is 0 Å². The van der Waals surface area contributed by atoms with Crippen molar-refractivity contribution in [3.8, 4) is 11.6 Å². The van der Waals surface area contributed by atoms with Crippen molar-refractivity contribution < 1.29 is 9.84 Å². The van der Waals surface area contributed by atoms with Gasteiger partial charge in [0.1, 0.15) is 5.75 Å². The summed E-state index contributed by atoms with van der Waals surface area (Å²) in [6.07, 6.45) is 2.29. The van der Waals surface area contributed by atoms with E-state index in [-0.39, 0.29) is 12.6 Å². The van der Waals surface area contributed by atoms with Gasteiger partial charge in [-0.25, -0.2) is 4.98 Å². The number of pyridine rings is 1. The molecule has 0 aliphatic heterocycles. The minimum atomic E-state index is 0.0996. The first kappa shape index (κ1) is 14.5. The van der Waals surface area contributed by atoms with Crippen molar-refractivity contribution in [2.24, 2.45) is 0 Å². The second kappa shape index (κ2) is 7.03. The third-order valence-corrected chi connectivity index (χ3v) is 3.26. The molecule has 2 N–H and O–H groups in total. The highest BCUT2D eigenvalue weighted by molar-refractivity contribution is 5.39. The lowest BCUT2D eigenvalue weighted by atomic mass is 10.1. The topological polar surface area (TPSA) is 54.4 Å². The van der Waals surface area contributed by atoms with Crippen LogP contribution < -0.4 is 10.1 Å². The van der Waals surface area contributed by atoms with Crippen LogP contribution in [-0.4, -0.2) is 23.7 Å². The predicted molar refractivity (Wildman–Crippen MR) is 79.0 cm³/mol. The molecule has 1 atom stereocenters. The van der Waals surface area contributed by atoms with Crippen molar-refractivity contribution >= 4 is 0 Å². The zero-order valence-corrected chi connectivity index (χ0v) is 11.8. The Labute approximate surface area is 119 Å². The van der Waals surface area contributed by atoms with Crippen LogP contribution in [0.25, 0.3) is 0 Å². The van der Waals surface area contributed by atoms with Crippen LogP contribution in [0.4, 0.5) is 0 Å². The Morgan fingerprint density at radius 1 is 1.25 bits per heavy atom. The summed E-state index contributed by atoms with van der Waals surface area (Å²) in [6.45, 7) is 2.16. The molecular formula is C16H20N2O2. The molecule has 4 nitrogen and oxygen atoms in total. The second-order valence-electron chi connectivity index (χ2n) is 4.59. The number of ether oxygens (including phenoxy) is 1. The number of hydrogen-bond acceptors (Lipinski definition) is 4. The van der Waals surface area contributed by atoms with Gasteiger partial charge in [-0.1, -0.05) is 24.3 Å². The van der Waals surface area contributed by atoms with Crippen molar-refractivity contribution in [2.75, 3.05) is 13.7 Å². The lowest BCUT2D eigenvalue weighted by Crippen LogP contribution is -2.13. The summed E-state index contributed by atoms with van der Waals surface area (Å²) in [6, 6.07) is 11.8. The first-order chi connectivity index (χ1) is 9.76. The van der Waals surface area contributed by atoms with Gasteiger partial charge in [0.2, 0.25) is 5.88 Å². The zero-order chi connectivity index (χ0) is 14.4. The standard InChI is InChI=1S/C16H20N2O2/c1-12(17-2)14-7-5-10-18-16(14)20-15-8-4-3-6-13(15)9-11-19/h3-8,10,12,17,19H,9,11H2,1-2H3. The number of aliphatic hydroxyl groups is 1. The molecule has 0 aliphatic carbocycles. The fraction of sp³-hybridized carbons (Fsp3) is 0.312. The molecule has 0 saturated carbocycles. The van der Waals surface area contributed by atoms with E-state index in [2.05, 4.69) is 17.2 Å². The number of benzene rings is 1. The highest BCUT2D eigenvalue weighted by atomic mass is 16.5. The van der Waals surface area contributed by atoms with E-state index in [1.54, 1.807) is 6.20 Å². The Balaban J connectivity index is 2.30. The Morgan fingerprint density at radius 2 is 2.05 bits per heavy atom. The average molecular weight is 272 g/mol. The molecule has 2 aromatic rings. The highest BCUT2D eigenvalue weighted by Crippen LogP contribution is 2.29. The minimum absolute atomic E-state index is 0.0996.